The molecular weight excluding hydrogens is 428 g/mol. The number of carbonyl (C=O) groups is 2. The molecule has 0 aliphatic carbocycles. The molecule has 0 radical (unpaired) electrons. The lowest BCUT2D eigenvalue weighted by atomic mass is 10.0. The van der Waals surface area contributed by atoms with Crippen molar-refractivity contribution in [3.8, 4) is 5.75 Å². The van der Waals surface area contributed by atoms with E-state index in [9.17, 15) is 9.59 Å². The molecule has 174 valence electrons. The number of fused-ring (bicyclic) bond motifs is 1. The molecule has 6 heteroatoms. The number of benzene rings is 3. The predicted molar refractivity (Wildman–Crippen MR) is 135 cm³/mol. The summed E-state index contributed by atoms with van der Waals surface area (Å²) in [6.07, 6.45) is 0. The summed E-state index contributed by atoms with van der Waals surface area (Å²) in [5.74, 6) is 0.680. The minimum atomic E-state index is -0.330. The highest BCUT2D eigenvalue weighted by Gasteiger charge is 2.14. The fraction of sp³-hybridized carbons (Fsp3) is 0.214. The van der Waals surface area contributed by atoms with Gasteiger partial charge in [-0.05, 0) is 72.9 Å². The van der Waals surface area contributed by atoms with Crippen LogP contribution in [0.3, 0.4) is 0 Å². The van der Waals surface area contributed by atoms with Crippen molar-refractivity contribution in [2.24, 2.45) is 0 Å². The highest BCUT2D eigenvalue weighted by Crippen LogP contribution is 2.28. The molecular formula is C28H28N2O4. The van der Waals surface area contributed by atoms with Gasteiger partial charge in [0.15, 0.2) is 12.4 Å². The third-order valence-corrected chi connectivity index (χ3v) is 5.56. The third-order valence-electron chi connectivity index (χ3n) is 5.56. The number of para-hydroxylation sites is 1. The maximum Gasteiger partial charge on any atom is 0.291 e. The molecule has 1 heterocycles. The van der Waals surface area contributed by atoms with E-state index in [4.69, 9.17) is 9.15 Å². The van der Waals surface area contributed by atoms with Gasteiger partial charge in [0.2, 0.25) is 0 Å². The topological polar surface area (TPSA) is 80.6 Å². The molecule has 3 aromatic carbocycles. The van der Waals surface area contributed by atoms with Gasteiger partial charge in [-0.1, -0.05) is 44.2 Å². The van der Waals surface area contributed by atoms with E-state index in [0.717, 1.165) is 27.8 Å². The highest BCUT2D eigenvalue weighted by molar-refractivity contribution is 6.05. The number of rotatable bonds is 7. The van der Waals surface area contributed by atoms with Gasteiger partial charge in [-0.3, -0.25) is 9.59 Å². The maximum atomic E-state index is 12.6. The van der Waals surface area contributed by atoms with Gasteiger partial charge < -0.3 is 19.8 Å². The molecule has 0 fully saturated rings. The average molecular weight is 457 g/mol. The lowest BCUT2D eigenvalue weighted by Gasteiger charge is -2.15. The number of nitrogens with one attached hydrogen (secondary N) is 2. The first kappa shape index (κ1) is 23.1. The van der Waals surface area contributed by atoms with Crippen LogP contribution in [0.5, 0.6) is 5.75 Å². The number of carbonyl (C=O) groups excluding carboxylic acids is 2. The number of aryl methyl sites for hydroxylation is 2. The van der Waals surface area contributed by atoms with Crippen molar-refractivity contribution in [3.63, 3.8) is 0 Å². The Balaban J connectivity index is 1.38. The van der Waals surface area contributed by atoms with Gasteiger partial charge in [-0.25, -0.2) is 0 Å². The number of anilines is 2. The standard InChI is InChI=1S/C28H28N2O4/c1-17(2)22-11-9-18(3)13-25(22)33-16-27(31)29-21-10-12-23(19(4)14-21)30-28(32)26-15-20-7-5-6-8-24(20)34-26/h5-15,17H,16H2,1-4H3,(H,29,31)(H,30,32). The third kappa shape index (κ3) is 5.29. The molecule has 34 heavy (non-hydrogen) atoms. The van der Waals surface area contributed by atoms with E-state index in [1.807, 2.05) is 56.3 Å². The van der Waals surface area contributed by atoms with Crippen LogP contribution in [0.15, 0.2) is 71.1 Å². The molecule has 0 saturated carbocycles. The molecule has 4 aromatic rings. The van der Waals surface area contributed by atoms with Crippen LogP contribution in [0.1, 0.15) is 47.0 Å². The predicted octanol–water partition coefficient (Wildman–Crippen LogP) is 6.44. The van der Waals surface area contributed by atoms with E-state index < -0.39 is 0 Å². The maximum absolute atomic E-state index is 12.6. The minimum Gasteiger partial charge on any atom is -0.483 e. The van der Waals surface area contributed by atoms with E-state index >= 15 is 0 Å². The largest absolute Gasteiger partial charge is 0.483 e. The number of hydrogen-bond donors (Lipinski definition) is 2. The van der Waals surface area contributed by atoms with Gasteiger partial charge in [0.05, 0.1) is 0 Å². The van der Waals surface area contributed by atoms with Crippen molar-refractivity contribution in [1.29, 1.82) is 0 Å². The van der Waals surface area contributed by atoms with Crippen molar-refractivity contribution in [2.75, 3.05) is 17.2 Å². The molecule has 1 aromatic heterocycles. The Morgan fingerprint density at radius 2 is 1.74 bits per heavy atom. The summed E-state index contributed by atoms with van der Waals surface area (Å²) in [6, 6.07) is 20.5. The summed E-state index contributed by atoms with van der Waals surface area (Å²) < 4.78 is 11.4. The van der Waals surface area contributed by atoms with Gasteiger partial charge in [-0.15, -0.1) is 0 Å². The second-order valence-electron chi connectivity index (χ2n) is 8.67. The molecule has 0 spiro atoms. The molecule has 2 N–H and O–H groups in total. The Labute approximate surface area is 198 Å². The Bertz CT molecular complexity index is 1320. The molecule has 0 aliphatic rings. The van der Waals surface area contributed by atoms with Gasteiger partial charge in [-0.2, -0.15) is 0 Å². The fourth-order valence-electron chi connectivity index (χ4n) is 3.74. The Hall–Kier alpha value is -4.06. The number of amides is 2. The summed E-state index contributed by atoms with van der Waals surface area (Å²) in [7, 11) is 0. The first-order chi connectivity index (χ1) is 16.3. The van der Waals surface area contributed by atoms with Crippen LogP contribution in [0.25, 0.3) is 11.0 Å². The van der Waals surface area contributed by atoms with Gasteiger partial charge >= 0.3 is 0 Å². The van der Waals surface area contributed by atoms with E-state index in [-0.39, 0.29) is 24.2 Å². The van der Waals surface area contributed by atoms with Crippen LogP contribution < -0.4 is 15.4 Å². The van der Waals surface area contributed by atoms with Crippen LogP contribution in [0.2, 0.25) is 0 Å². The summed E-state index contributed by atoms with van der Waals surface area (Å²) in [5.41, 5.74) is 4.89. The number of hydrogen-bond acceptors (Lipinski definition) is 4. The molecule has 0 unspecified atom stereocenters. The zero-order valence-corrected chi connectivity index (χ0v) is 19.8. The van der Waals surface area contributed by atoms with Crippen molar-refractivity contribution in [3.05, 3.63) is 89.2 Å². The molecule has 6 nitrogen and oxygen atoms in total. The summed E-state index contributed by atoms with van der Waals surface area (Å²) in [5, 5.41) is 6.59. The lowest BCUT2D eigenvalue weighted by Crippen LogP contribution is -2.21. The van der Waals surface area contributed by atoms with Crippen LogP contribution in [-0.2, 0) is 4.79 Å². The molecule has 0 aliphatic heterocycles. The van der Waals surface area contributed by atoms with Gasteiger partial charge in [0, 0.05) is 16.8 Å². The normalized spacial score (nSPS) is 11.0. The zero-order valence-electron chi connectivity index (χ0n) is 19.8. The number of ether oxygens (including phenoxy) is 1. The highest BCUT2D eigenvalue weighted by atomic mass is 16.5. The van der Waals surface area contributed by atoms with E-state index in [1.54, 1.807) is 24.3 Å². The SMILES string of the molecule is Cc1ccc(C(C)C)c(OCC(=O)Nc2ccc(NC(=O)c3cc4ccccc4o3)c(C)c2)c1. The first-order valence-electron chi connectivity index (χ1n) is 11.2. The monoisotopic (exact) mass is 456 g/mol. The first-order valence-corrected chi connectivity index (χ1v) is 11.2. The minimum absolute atomic E-state index is 0.0905. The second-order valence-corrected chi connectivity index (χ2v) is 8.67. The quantitative estimate of drug-likeness (QED) is 0.335. The van der Waals surface area contributed by atoms with Crippen LogP contribution in [0, 0.1) is 13.8 Å². The molecule has 2 amide bonds. The molecule has 4 rings (SSSR count). The summed E-state index contributed by atoms with van der Waals surface area (Å²) >= 11 is 0. The van der Waals surface area contributed by atoms with Gasteiger partial charge in [0.1, 0.15) is 11.3 Å². The van der Waals surface area contributed by atoms with Crippen LogP contribution in [-0.4, -0.2) is 18.4 Å². The van der Waals surface area contributed by atoms with E-state index in [2.05, 4.69) is 24.5 Å². The Morgan fingerprint density at radius 1 is 0.941 bits per heavy atom. The Kier molecular flexibility index (Phi) is 6.68. The Morgan fingerprint density at radius 3 is 2.47 bits per heavy atom. The van der Waals surface area contributed by atoms with E-state index in [1.165, 1.54) is 0 Å². The van der Waals surface area contributed by atoms with Crippen molar-refractivity contribution in [1.82, 2.24) is 0 Å². The summed E-state index contributed by atoms with van der Waals surface area (Å²) in [6.45, 7) is 7.95. The molecule has 0 saturated heterocycles. The molecule has 0 atom stereocenters. The van der Waals surface area contributed by atoms with Crippen LogP contribution >= 0.6 is 0 Å². The van der Waals surface area contributed by atoms with Gasteiger partial charge in [0.25, 0.3) is 11.8 Å². The smallest absolute Gasteiger partial charge is 0.291 e. The fourth-order valence-corrected chi connectivity index (χ4v) is 3.74. The van der Waals surface area contributed by atoms with Crippen molar-refractivity contribution < 1.29 is 18.7 Å². The zero-order chi connectivity index (χ0) is 24.2. The van der Waals surface area contributed by atoms with E-state index in [0.29, 0.717) is 22.9 Å². The van der Waals surface area contributed by atoms with Crippen molar-refractivity contribution >= 4 is 34.2 Å². The summed E-state index contributed by atoms with van der Waals surface area (Å²) in [4.78, 5) is 25.1. The number of furan rings is 1. The average Bonchev–Trinajstić information content (AvgIpc) is 3.24. The second kappa shape index (κ2) is 9.83. The lowest BCUT2D eigenvalue weighted by molar-refractivity contribution is -0.118. The van der Waals surface area contributed by atoms with Crippen LogP contribution in [0.4, 0.5) is 11.4 Å². The van der Waals surface area contributed by atoms with Crippen molar-refractivity contribution in [2.45, 2.75) is 33.6 Å². The molecule has 0 bridgehead atoms.